The molecule has 5 heteroatoms. The van der Waals surface area contributed by atoms with Crippen molar-refractivity contribution in [1.82, 2.24) is 5.32 Å². The summed E-state index contributed by atoms with van der Waals surface area (Å²) in [5.74, 6) is -0.425. The van der Waals surface area contributed by atoms with Crippen LogP contribution < -0.4 is 5.32 Å². The van der Waals surface area contributed by atoms with E-state index in [1.165, 1.54) is 12.1 Å². The minimum Gasteiger partial charge on any atom is -0.314 e. The highest BCUT2D eigenvalue weighted by atomic mass is 19.1. The largest absolute Gasteiger partial charge is 0.314 e. The van der Waals surface area contributed by atoms with Crippen LogP contribution in [-0.2, 0) is 6.42 Å². The lowest BCUT2D eigenvalue weighted by Gasteiger charge is -2.17. The Morgan fingerprint density at radius 3 is 2.68 bits per heavy atom. The second-order valence-corrected chi connectivity index (χ2v) is 4.67. The van der Waals surface area contributed by atoms with Crippen LogP contribution in [0.2, 0.25) is 0 Å². The van der Waals surface area contributed by atoms with Crippen molar-refractivity contribution >= 4 is 5.69 Å². The maximum atomic E-state index is 13.3. The van der Waals surface area contributed by atoms with E-state index in [4.69, 9.17) is 0 Å². The molecular weight excluding hydrogens is 247 g/mol. The van der Waals surface area contributed by atoms with Crippen molar-refractivity contribution in [2.45, 2.75) is 45.6 Å². The van der Waals surface area contributed by atoms with Gasteiger partial charge in [-0.2, -0.15) is 0 Å². The SMILES string of the molecule is CCCNC(CCC)Cc1cc(F)ccc1[N+](=O)[O-]. The van der Waals surface area contributed by atoms with Crippen molar-refractivity contribution in [2.24, 2.45) is 0 Å². The Morgan fingerprint density at radius 2 is 2.11 bits per heavy atom. The van der Waals surface area contributed by atoms with Crippen LogP contribution in [0.3, 0.4) is 0 Å². The van der Waals surface area contributed by atoms with Crippen LogP contribution in [0.4, 0.5) is 10.1 Å². The number of benzene rings is 1. The first kappa shape index (κ1) is 15.6. The fraction of sp³-hybridized carbons (Fsp3) is 0.571. The quantitative estimate of drug-likeness (QED) is 0.580. The van der Waals surface area contributed by atoms with E-state index >= 15 is 0 Å². The van der Waals surface area contributed by atoms with Gasteiger partial charge in [0.2, 0.25) is 0 Å². The third kappa shape index (κ3) is 4.95. The number of nitro benzene ring substituents is 1. The Kier molecular flexibility index (Phi) is 6.42. The number of hydrogen-bond acceptors (Lipinski definition) is 3. The lowest BCUT2D eigenvalue weighted by molar-refractivity contribution is -0.385. The highest BCUT2D eigenvalue weighted by Crippen LogP contribution is 2.22. The molecule has 1 aromatic rings. The minimum atomic E-state index is -0.447. The summed E-state index contributed by atoms with van der Waals surface area (Å²) in [6.07, 6.45) is 3.41. The molecule has 1 atom stereocenters. The smallest absolute Gasteiger partial charge is 0.272 e. The van der Waals surface area contributed by atoms with Gasteiger partial charge in [-0.15, -0.1) is 0 Å². The van der Waals surface area contributed by atoms with E-state index in [1.807, 2.05) is 0 Å². The molecule has 1 rings (SSSR count). The Labute approximate surface area is 113 Å². The van der Waals surface area contributed by atoms with E-state index in [2.05, 4.69) is 19.2 Å². The molecule has 0 spiro atoms. The molecular formula is C14H21FN2O2. The molecule has 0 amide bonds. The summed E-state index contributed by atoms with van der Waals surface area (Å²) in [6, 6.07) is 3.81. The minimum absolute atomic E-state index is 0.000742. The molecule has 0 aliphatic rings. The van der Waals surface area contributed by atoms with Gasteiger partial charge < -0.3 is 5.32 Å². The third-order valence-electron chi connectivity index (χ3n) is 3.02. The standard InChI is InChI=1S/C14H21FN2O2/c1-3-5-13(16-8-4-2)10-11-9-12(15)6-7-14(11)17(18)19/h6-7,9,13,16H,3-5,8,10H2,1-2H3. The Bertz CT molecular complexity index is 424. The van der Waals surface area contributed by atoms with Gasteiger partial charge in [0.15, 0.2) is 0 Å². The van der Waals surface area contributed by atoms with Crippen LogP contribution in [-0.4, -0.2) is 17.5 Å². The Hall–Kier alpha value is -1.49. The van der Waals surface area contributed by atoms with Crippen molar-refractivity contribution in [3.05, 3.63) is 39.7 Å². The van der Waals surface area contributed by atoms with Gasteiger partial charge in [0.25, 0.3) is 5.69 Å². The molecule has 0 bridgehead atoms. The van der Waals surface area contributed by atoms with Gasteiger partial charge in [-0.25, -0.2) is 4.39 Å². The average Bonchev–Trinajstić information content (AvgIpc) is 2.36. The van der Waals surface area contributed by atoms with E-state index in [0.717, 1.165) is 31.9 Å². The fourth-order valence-corrected chi connectivity index (χ4v) is 2.13. The zero-order chi connectivity index (χ0) is 14.3. The maximum absolute atomic E-state index is 13.3. The fourth-order valence-electron chi connectivity index (χ4n) is 2.13. The van der Waals surface area contributed by atoms with Crippen LogP contribution >= 0.6 is 0 Å². The number of nitro groups is 1. The summed E-state index contributed by atoms with van der Waals surface area (Å²) in [6.45, 7) is 5.01. The highest BCUT2D eigenvalue weighted by molar-refractivity contribution is 5.40. The molecule has 19 heavy (non-hydrogen) atoms. The zero-order valence-electron chi connectivity index (χ0n) is 11.5. The number of rotatable bonds is 8. The van der Waals surface area contributed by atoms with E-state index in [-0.39, 0.29) is 11.7 Å². The Balaban J connectivity index is 2.87. The van der Waals surface area contributed by atoms with Crippen molar-refractivity contribution in [3.63, 3.8) is 0 Å². The van der Waals surface area contributed by atoms with E-state index in [0.29, 0.717) is 12.0 Å². The molecule has 4 nitrogen and oxygen atoms in total. The van der Waals surface area contributed by atoms with Crippen molar-refractivity contribution < 1.29 is 9.31 Å². The van der Waals surface area contributed by atoms with Gasteiger partial charge >= 0.3 is 0 Å². The van der Waals surface area contributed by atoms with Gasteiger partial charge in [0.05, 0.1) is 4.92 Å². The predicted molar refractivity (Wildman–Crippen MR) is 73.7 cm³/mol. The third-order valence-corrected chi connectivity index (χ3v) is 3.02. The normalized spacial score (nSPS) is 12.4. The molecule has 1 unspecified atom stereocenters. The molecule has 0 aromatic heterocycles. The molecule has 0 aliphatic carbocycles. The summed E-state index contributed by atoms with van der Waals surface area (Å²) in [4.78, 5) is 10.5. The number of hydrogen-bond donors (Lipinski definition) is 1. The molecule has 1 N–H and O–H groups in total. The van der Waals surface area contributed by atoms with Crippen molar-refractivity contribution in [3.8, 4) is 0 Å². The Morgan fingerprint density at radius 1 is 1.37 bits per heavy atom. The van der Waals surface area contributed by atoms with Crippen LogP contribution in [0.5, 0.6) is 0 Å². The lowest BCUT2D eigenvalue weighted by Crippen LogP contribution is -2.31. The highest BCUT2D eigenvalue weighted by Gasteiger charge is 2.18. The number of nitrogens with zero attached hydrogens (tertiary/aromatic N) is 1. The molecule has 0 saturated carbocycles. The van der Waals surface area contributed by atoms with E-state index < -0.39 is 10.7 Å². The van der Waals surface area contributed by atoms with Gasteiger partial charge in [0, 0.05) is 17.7 Å². The number of nitrogens with one attached hydrogen (secondary N) is 1. The van der Waals surface area contributed by atoms with Gasteiger partial charge in [-0.05, 0) is 37.9 Å². The summed E-state index contributed by atoms with van der Waals surface area (Å²) in [5, 5.41) is 14.3. The maximum Gasteiger partial charge on any atom is 0.272 e. The van der Waals surface area contributed by atoms with Gasteiger partial charge in [-0.3, -0.25) is 10.1 Å². The molecule has 106 valence electrons. The summed E-state index contributed by atoms with van der Waals surface area (Å²) in [5.41, 5.74) is 0.466. The molecule has 0 aliphatic heterocycles. The van der Waals surface area contributed by atoms with Crippen LogP contribution in [0.25, 0.3) is 0 Å². The summed E-state index contributed by atoms with van der Waals surface area (Å²) in [7, 11) is 0. The first-order chi connectivity index (χ1) is 9.08. The van der Waals surface area contributed by atoms with Crippen LogP contribution in [0.1, 0.15) is 38.7 Å². The second kappa shape index (κ2) is 7.84. The number of halogens is 1. The average molecular weight is 268 g/mol. The second-order valence-electron chi connectivity index (χ2n) is 4.67. The molecule has 0 radical (unpaired) electrons. The summed E-state index contributed by atoms with van der Waals surface area (Å²) >= 11 is 0. The molecule has 0 heterocycles. The zero-order valence-corrected chi connectivity index (χ0v) is 11.5. The molecule has 0 saturated heterocycles. The predicted octanol–water partition coefficient (Wildman–Crippen LogP) is 3.44. The van der Waals surface area contributed by atoms with Crippen LogP contribution in [0, 0.1) is 15.9 Å². The topological polar surface area (TPSA) is 55.2 Å². The molecule has 0 fully saturated rings. The van der Waals surface area contributed by atoms with Gasteiger partial charge in [0.1, 0.15) is 5.82 Å². The van der Waals surface area contributed by atoms with E-state index in [9.17, 15) is 14.5 Å². The summed E-state index contributed by atoms with van der Waals surface area (Å²) < 4.78 is 13.3. The van der Waals surface area contributed by atoms with E-state index in [1.54, 1.807) is 0 Å². The van der Waals surface area contributed by atoms with Crippen LogP contribution in [0.15, 0.2) is 18.2 Å². The first-order valence-electron chi connectivity index (χ1n) is 6.74. The van der Waals surface area contributed by atoms with Crippen molar-refractivity contribution in [2.75, 3.05) is 6.54 Å². The lowest BCUT2D eigenvalue weighted by atomic mass is 10.0. The first-order valence-corrected chi connectivity index (χ1v) is 6.74. The van der Waals surface area contributed by atoms with Crippen molar-refractivity contribution in [1.29, 1.82) is 0 Å². The monoisotopic (exact) mass is 268 g/mol. The van der Waals surface area contributed by atoms with Gasteiger partial charge in [-0.1, -0.05) is 20.3 Å². The molecule has 1 aromatic carbocycles.